The summed E-state index contributed by atoms with van der Waals surface area (Å²) in [6.07, 6.45) is -0.570. The molecule has 1 aliphatic rings. The molecule has 0 unspecified atom stereocenters. The second kappa shape index (κ2) is 4.29. The average molecular weight is 251 g/mol. The van der Waals surface area contributed by atoms with E-state index in [1.165, 1.54) is 0 Å². The molecule has 0 saturated carbocycles. The van der Waals surface area contributed by atoms with Crippen molar-refractivity contribution in [3.8, 4) is 0 Å². The fraction of sp³-hybridized carbons (Fsp3) is 0.455. The largest absolute Gasteiger partial charge is 0.394 e. The Morgan fingerprint density at radius 2 is 2.17 bits per heavy atom. The van der Waals surface area contributed by atoms with Crippen molar-refractivity contribution in [2.45, 2.75) is 24.4 Å². The highest BCUT2D eigenvalue weighted by molar-refractivity contribution is 5.73. The molecule has 0 aliphatic carbocycles. The van der Waals surface area contributed by atoms with Crippen molar-refractivity contribution in [1.82, 2.24) is 15.0 Å². The summed E-state index contributed by atoms with van der Waals surface area (Å²) < 4.78 is 5.36. The first-order valence-electron chi connectivity index (χ1n) is 5.63. The van der Waals surface area contributed by atoms with Crippen LogP contribution in [0.5, 0.6) is 0 Å². The third-order valence-corrected chi connectivity index (χ3v) is 3.12. The maximum atomic E-state index is 9.86. The second-order valence-corrected chi connectivity index (χ2v) is 4.27. The molecule has 0 spiro atoms. The number of nitrogens with one attached hydrogen (secondary N) is 1. The van der Waals surface area contributed by atoms with Crippen LogP contribution in [0.25, 0.3) is 11.0 Å². The Balaban J connectivity index is 1.94. The van der Waals surface area contributed by atoms with Gasteiger partial charge in [0.2, 0.25) is 0 Å². The monoisotopic (exact) mass is 251 g/mol. The Kier molecular flexibility index (Phi) is 2.75. The summed E-state index contributed by atoms with van der Waals surface area (Å²) in [6, 6.07) is 1.83. The van der Waals surface area contributed by atoms with E-state index >= 15 is 0 Å². The van der Waals surface area contributed by atoms with Gasteiger partial charge in [-0.05, 0) is 6.07 Å². The van der Waals surface area contributed by atoms with Gasteiger partial charge in [0.25, 0.3) is 0 Å². The lowest BCUT2D eigenvalue weighted by atomic mass is 10.1. The predicted octanol–water partition coefficient (Wildman–Crippen LogP) is -0.888. The first-order valence-corrected chi connectivity index (χ1v) is 5.63. The Hall–Kier alpha value is -1.54. The van der Waals surface area contributed by atoms with Crippen LogP contribution in [0.1, 0.15) is 11.9 Å². The maximum Gasteiger partial charge on any atom is 0.162 e. The van der Waals surface area contributed by atoms with Crippen LogP contribution >= 0.6 is 0 Å². The molecule has 0 amide bonds. The number of aliphatic hydroxyl groups excluding tert-OH is 3. The molecule has 4 N–H and O–H groups in total. The van der Waals surface area contributed by atoms with Gasteiger partial charge in [-0.3, -0.25) is 0 Å². The minimum atomic E-state index is -1.14. The molecular formula is C11H13N3O4. The van der Waals surface area contributed by atoms with E-state index in [1.807, 2.05) is 6.07 Å². The molecule has 0 aromatic carbocycles. The molecule has 1 fully saturated rings. The van der Waals surface area contributed by atoms with Gasteiger partial charge in [-0.1, -0.05) is 0 Å². The molecule has 18 heavy (non-hydrogen) atoms. The quantitative estimate of drug-likeness (QED) is 0.551. The molecule has 7 nitrogen and oxygen atoms in total. The summed E-state index contributed by atoms with van der Waals surface area (Å²) in [5, 5.41) is 29.4. The topological polar surface area (TPSA) is 111 Å². The normalized spacial score (nSPS) is 32.2. The number of fused-ring (bicyclic) bond motifs is 1. The zero-order chi connectivity index (χ0) is 12.7. The molecule has 3 rings (SSSR count). The number of hydrogen-bond donors (Lipinski definition) is 4. The van der Waals surface area contributed by atoms with Gasteiger partial charge in [0.05, 0.1) is 6.61 Å². The van der Waals surface area contributed by atoms with Gasteiger partial charge in [-0.25, -0.2) is 9.97 Å². The molecule has 96 valence electrons. The Morgan fingerprint density at radius 1 is 1.33 bits per heavy atom. The van der Waals surface area contributed by atoms with E-state index < -0.39 is 24.4 Å². The van der Waals surface area contributed by atoms with Gasteiger partial charge >= 0.3 is 0 Å². The van der Waals surface area contributed by atoms with Crippen LogP contribution < -0.4 is 0 Å². The fourth-order valence-electron chi connectivity index (χ4n) is 2.10. The smallest absolute Gasteiger partial charge is 0.162 e. The van der Waals surface area contributed by atoms with Crippen molar-refractivity contribution in [3.63, 3.8) is 0 Å². The first-order chi connectivity index (χ1) is 8.70. The maximum absolute atomic E-state index is 9.86. The van der Waals surface area contributed by atoms with Gasteiger partial charge < -0.3 is 25.0 Å². The minimum absolute atomic E-state index is 0.285. The Morgan fingerprint density at radius 3 is 2.89 bits per heavy atom. The Bertz CT molecular complexity index is 558. The number of aromatic nitrogens is 3. The standard InChI is InChI=1S/C11H13N3O4/c15-4-6-7(16)8(17)9(18-6)11-13-3-5-1-2-12-10(5)14-11/h1-3,6-9,15-17H,4H2,(H,12,13,14)/t6-,7+,8+,9+/m0/s1. The van der Waals surface area contributed by atoms with E-state index in [9.17, 15) is 10.2 Å². The van der Waals surface area contributed by atoms with Crippen LogP contribution in [-0.4, -0.2) is 55.2 Å². The highest BCUT2D eigenvalue weighted by Gasteiger charge is 2.44. The molecule has 3 heterocycles. The second-order valence-electron chi connectivity index (χ2n) is 4.27. The lowest BCUT2D eigenvalue weighted by Crippen LogP contribution is -2.32. The van der Waals surface area contributed by atoms with E-state index in [0.29, 0.717) is 5.65 Å². The van der Waals surface area contributed by atoms with Gasteiger partial charge in [-0.15, -0.1) is 0 Å². The van der Waals surface area contributed by atoms with Gasteiger partial charge in [0, 0.05) is 17.8 Å². The predicted molar refractivity (Wildman–Crippen MR) is 60.6 cm³/mol. The van der Waals surface area contributed by atoms with Gasteiger partial charge in [0.15, 0.2) is 5.82 Å². The SMILES string of the molecule is OC[C@@H]1O[C@@H](c2ncc3cc[nH]c3n2)[C@H](O)[C@@H]1O. The number of H-pyrrole nitrogens is 1. The summed E-state index contributed by atoms with van der Waals surface area (Å²) in [5.74, 6) is 0.285. The summed E-state index contributed by atoms with van der Waals surface area (Å²) in [6.45, 7) is -0.362. The lowest BCUT2D eigenvalue weighted by Gasteiger charge is -2.12. The summed E-state index contributed by atoms with van der Waals surface area (Å²) in [4.78, 5) is 11.3. The third-order valence-electron chi connectivity index (χ3n) is 3.12. The molecular weight excluding hydrogens is 238 g/mol. The summed E-state index contributed by atoms with van der Waals surface area (Å²) >= 11 is 0. The Labute approximate surface area is 102 Å². The van der Waals surface area contributed by atoms with E-state index in [0.717, 1.165) is 5.39 Å². The third kappa shape index (κ3) is 1.68. The molecule has 4 atom stereocenters. The molecule has 0 bridgehead atoms. The van der Waals surface area contributed by atoms with Crippen LogP contribution in [0, 0.1) is 0 Å². The van der Waals surface area contributed by atoms with Crippen molar-refractivity contribution in [2.24, 2.45) is 0 Å². The number of aromatic amines is 1. The molecule has 7 heteroatoms. The van der Waals surface area contributed by atoms with E-state index in [2.05, 4.69) is 15.0 Å². The fourth-order valence-corrected chi connectivity index (χ4v) is 2.10. The first kappa shape index (κ1) is 11.5. The van der Waals surface area contributed by atoms with E-state index in [4.69, 9.17) is 9.84 Å². The van der Waals surface area contributed by atoms with Crippen LogP contribution in [0.2, 0.25) is 0 Å². The van der Waals surface area contributed by atoms with Gasteiger partial charge in [0.1, 0.15) is 30.1 Å². The minimum Gasteiger partial charge on any atom is -0.394 e. The number of ether oxygens (including phenoxy) is 1. The van der Waals surface area contributed by atoms with Crippen LogP contribution in [0.4, 0.5) is 0 Å². The van der Waals surface area contributed by atoms with Crippen molar-refractivity contribution < 1.29 is 20.1 Å². The zero-order valence-electron chi connectivity index (χ0n) is 9.39. The molecule has 2 aromatic heterocycles. The molecule has 1 saturated heterocycles. The summed E-state index contributed by atoms with van der Waals surface area (Å²) in [7, 11) is 0. The summed E-state index contributed by atoms with van der Waals surface area (Å²) in [5.41, 5.74) is 0.637. The molecule has 2 aromatic rings. The van der Waals surface area contributed by atoms with E-state index in [1.54, 1.807) is 12.4 Å². The highest BCUT2D eigenvalue weighted by Crippen LogP contribution is 2.31. The zero-order valence-corrected chi connectivity index (χ0v) is 9.39. The van der Waals surface area contributed by atoms with Crippen molar-refractivity contribution in [3.05, 3.63) is 24.3 Å². The van der Waals surface area contributed by atoms with Crippen LogP contribution in [0.3, 0.4) is 0 Å². The van der Waals surface area contributed by atoms with Crippen molar-refractivity contribution in [1.29, 1.82) is 0 Å². The number of aliphatic hydroxyl groups is 3. The highest BCUT2D eigenvalue weighted by atomic mass is 16.6. The van der Waals surface area contributed by atoms with Crippen molar-refractivity contribution in [2.75, 3.05) is 6.61 Å². The number of hydrogen-bond acceptors (Lipinski definition) is 6. The van der Waals surface area contributed by atoms with E-state index in [-0.39, 0.29) is 12.4 Å². The molecule has 0 radical (unpaired) electrons. The van der Waals surface area contributed by atoms with Crippen LogP contribution in [-0.2, 0) is 4.74 Å². The number of nitrogens with zero attached hydrogens (tertiary/aromatic N) is 2. The lowest BCUT2D eigenvalue weighted by molar-refractivity contribution is -0.0252. The van der Waals surface area contributed by atoms with Crippen molar-refractivity contribution >= 4 is 11.0 Å². The number of rotatable bonds is 2. The molecule has 1 aliphatic heterocycles. The average Bonchev–Trinajstić information content (AvgIpc) is 2.95. The van der Waals surface area contributed by atoms with Crippen LogP contribution in [0.15, 0.2) is 18.5 Å². The van der Waals surface area contributed by atoms with Gasteiger partial charge in [-0.2, -0.15) is 0 Å².